The van der Waals surface area contributed by atoms with E-state index >= 15 is 0 Å². The summed E-state index contributed by atoms with van der Waals surface area (Å²) in [5, 5.41) is 0. The fraction of sp³-hybridized carbons (Fsp3) is 0.556. The fourth-order valence-electron chi connectivity index (χ4n) is 2.67. The lowest BCUT2D eigenvalue weighted by molar-refractivity contribution is -0.151. The summed E-state index contributed by atoms with van der Waals surface area (Å²) in [6, 6.07) is 5.74. The zero-order valence-electron chi connectivity index (χ0n) is 13.4. The van der Waals surface area contributed by atoms with Gasteiger partial charge in [-0.3, -0.25) is 9.59 Å². The number of hydrogen-bond acceptors (Lipinski definition) is 4. The van der Waals surface area contributed by atoms with Gasteiger partial charge in [-0.1, -0.05) is 19.1 Å². The Morgan fingerprint density at radius 2 is 1.74 bits per heavy atom. The predicted molar refractivity (Wildman–Crippen MR) is 83.4 cm³/mol. The molecule has 0 aromatic heterocycles. The van der Waals surface area contributed by atoms with Crippen LogP contribution in [-0.2, 0) is 14.3 Å². The number of hydrogen-bond donors (Lipinski definition) is 0. The van der Waals surface area contributed by atoms with Crippen LogP contribution in [0.1, 0.15) is 51.9 Å². The van der Waals surface area contributed by atoms with Crippen molar-refractivity contribution in [2.45, 2.75) is 58.0 Å². The van der Waals surface area contributed by atoms with Crippen molar-refractivity contribution in [1.82, 2.24) is 0 Å². The smallest absolute Gasteiger partial charge is 0.311 e. The molecule has 0 radical (unpaired) electrons. The van der Waals surface area contributed by atoms with Gasteiger partial charge in [-0.05, 0) is 50.2 Å². The molecule has 4 nitrogen and oxygen atoms in total. The van der Waals surface area contributed by atoms with Crippen molar-refractivity contribution < 1.29 is 23.5 Å². The first kappa shape index (κ1) is 17.4. The largest absolute Gasteiger partial charge is 0.462 e. The minimum atomic E-state index is -0.577. The Balaban J connectivity index is 1.63. The van der Waals surface area contributed by atoms with Crippen LogP contribution in [0, 0.1) is 11.7 Å². The van der Waals surface area contributed by atoms with Crippen LogP contribution in [0.15, 0.2) is 24.3 Å². The third-order valence-electron chi connectivity index (χ3n) is 4.08. The maximum Gasteiger partial charge on any atom is 0.311 e. The van der Waals surface area contributed by atoms with Crippen molar-refractivity contribution in [1.29, 1.82) is 0 Å². The fourth-order valence-corrected chi connectivity index (χ4v) is 2.67. The molecule has 1 aliphatic rings. The summed E-state index contributed by atoms with van der Waals surface area (Å²) in [7, 11) is 0. The van der Waals surface area contributed by atoms with Gasteiger partial charge in [-0.2, -0.15) is 0 Å². The van der Waals surface area contributed by atoms with Crippen molar-refractivity contribution in [3.05, 3.63) is 30.1 Å². The highest BCUT2D eigenvalue weighted by Crippen LogP contribution is 2.26. The monoisotopic (exact) mass is 322 g/mol. The van der Waals surface area contributed by atoms with Gasteiger partial charge in [-0.25, -0.2) is 4.39 Å². The molecule has 1 aliphatic carbocycles. The van der Waals surface area contributed by atoms with Crippen molar-refractivity contribution in [3.8, 4) is 5.75 Å². The van der Waals surface area contributed by atoms with Crippen molar-refractivity contribution in [2.24, 2.45) is 5.92 Å². The van der Waals surface area contributed by atoms with Crippen LogP contribution in [0.2, 0.25) is 0 Å². The van der Waals surface area contributed by atoms with E-state index < -0.39 is 11.8 Å². The summed E-state index contributed by atoms with van der Waals surface area (Å²) in [5.41, 5.74) is 0. The van der Waals surface area contributed by atoms with Crippen molar-refractivity contribution >= 4 is 11.9 Å². The molecule has 5 heteroatoms. The highest BCUT2D eigenvalue weighted by atomic mass is 19.1. The average molecular weight is 322 g/mol. The van der Waals surface area contributed by atoms with Gasteiger partial charge < -0.3 is 9.47 Å². The Hall–Kier alpha value is -1.91. The predicted octanol–water partition coefficient (Wildman–Crippen LogP) is 4.02. The molecule has 0 unspecified atom stereocenters. The number of esters is 2. The van der Waals surface area contributed by atoms with E-state index in [9.17, 15) is 14.0 Å². The number of carbonyl (C=O) groups is 2. The third kappa shape index (κ3) is 6.00. The van der Waals surface area contributed by atoms with Crippen LogP contribution in [0.5, 0.6) is 5.75 Å². The first-order valence-electron chi connectivity index (χ1n) is 8.19. The number of ether oxygens (including phenoxy) is 2. The Bertz CT molecular complexity index is 536. The summed E-state index contributed by atoms with van der Waals surface area (Å²) >= 11 is 0. The minimum Gasteiger partial charge on any atom is -0.462 e. The number of carbonyl (C=O) groups excluding carboxylic acids is 2. The van der Waals surface area contributed by atoms with Crippen molar-refractivity contribution in [2.75, 3.05) is 0 Å². The normalized spacial score (nSPS) is 20.8. The van der Waals surface area contributed by atoms with E-state index in [0.29, 0.717) is 12.3 Å². The summed E-state index contributed by atoms with van der Waals surface area (Å²) < 4.78 is 23.7. The maximum absolute atomic E-state index is 13.3. The zero-order chi connectivity index (χ0) is 16.7. The van der Waals surface area contributed by atoms with E-state index in [2.05, 4.69) is 6.92 Å². The van der Waals surface area contributed by atoms with Gasteiger partial charge in [0.2, 0.25) is 0 Å². The van der Waals surface area contributed by atoms with E-state index in [1.165, 1.54) is 18.2 Å². The van der Waals surface area contributed by atoms with Gasteiger partial charge in [0.15, 0.2) is 11.6 Å². The topological polar surface area (TPSA) is 52.6 Å². The quantitative estimate of drug-likeness (QED) is 0.586. The van der Waals surface area contributed by atoms with Gasteiger partial charge in [0, 0.05) is 12.8 Å². The highest BCUT2D eigenvalue weighted by Gasteiger charge is 2.21. The molecule has 0 atom stereocenters. The molecule has 0 aliphatic heterocycles. The highest BCUT2D eigenvalue weighted by molar-refractivity contribution is 5.74. The number of benzene rings is 1. The zero-order valence-corrected chi connectivity index (χ0v) is 13.4. The van der Waals surface area contributed by atoms with Crippen LogP contribution in [0.25, 0.3) is 0 Å². The van der Waals surface area contributed by atoms with E-state index in [0.717, 1.165) is 25.7 Å². The molecule has 1 fully saturated rings. The van der Waals surface area contributed by atoms with Gasteiger partial charge in [0.05, 0.1) is 0 Å². The van der Waals surface area contributed by atoms with Gasteiger partial charge in [-0.15, -0.1) is 0 Å². The number of rotatable bonds is 6. The summed E-state index contributed by atoms with van der Waals surface area (Å²) in [4.78, 5) is 23.4. The molecular weight excluding hydrogens is 299 g/mol. The SMILES string of the molecule is CC1CCC(OC(=O)CCCC(=O)Oc2ccccc2F)CC1. The number of para-hydroxylation sites is 1. The van der Waals surface area contributed by atoms with E-state index in [4.69, 9.17) is 9.47 Å². The van der Waals surface area contributed by atoms with Gasteiger partial charge in [0.25, 0.3) is 0 Å². The molecule has 2 rings (SSSR count). The molecule has 0 spiro atoms. The first-order valence-corrected chi connectivity index (χ1v) is 8.19. The van der Waals surface area contributed by atoms with Crippen LogP contribution >= 0.6 is 0 Å². The standard InChI is InChI=1S/C18H23FO4/c1-13-9-11-14(12-10-13)22-17(20)7-4-8-18(21)23-16-6-3-2-5-15(16)19/h2-3,5-6,13-14H,4,7-12H2,1H3. The molecule has 126 valence electrons. The summed E-state index contributed by atoms with van der Waals surface area (Å²) in [6.45, 7) is 2.21. The average Bonchev–Trinajstić information content (AvgIpc) is 2.52. The molecule has 0 bridgehead atoms. The maximum atomic E-state index is 13.3. The Morgan fingerprint density at radius 3 is 2.43 bits per heavy atom. The van der Waals surface area contributed by atoms with Crippen molar-refractivity contribution in [3.63, 3.8) is 0 Å². The lowest BCUT2D eigenvalue weighted by Crippen LogP contribution is -2.23. The Kier molecular flexibility index (Phi) is 6.56. The summed E-state index contributed by atoms with van der Waals surface area (Å²) in [6.07, 6.45) is 4.62. The molecule has 0 N–H and O–H groups in total. The molecule has 1 aromatic carbocycles. The minimum absolute atomic E-state index is 0.0177. The first-order chi connectivity index (χ1) is 11.0. The molecule has 1 aromatic rings. The second-order valence-corrected chi connectivity index (χ2v) is 6.13. The molecule has 0 amide bonds. The van der Waals surface area contributed by atoms with E-state index in [1.54, 1.807) is 6.07 Å². The second kappa shape index (κ2) is 8.65. The van der Waals surface area contributed by atoms with E-state index in [-0.39, 0.29) is 30.7 Å². The van der Waals surface area contributed by atoms with Crippen LogP contribution < -0.4 is 4.74 Å². The van der Waals surface area contributed by atoms with Crippen LogP contribution in [-0.4, -0.2) is 18.0 Å². The van der Waals surface area contributed by atoms with E-state index in [1.807, 2.05) is 0 Å². The molecular formula is C18H23FO4. The Labute approximate surface area is 136 Å². The third-order valence-corrected chi connectivity index (χ3v) is 4.08. The van der Waals surface area contributed by atoms with Crippen LogP contribution in [0.4, 0.5) is 4.39 Å². The Morgan fingerprint density at radius 1 is 1.09 bits per heavy atom. The summed E-state index contributed by atoms with van der Waals surface area (Å²) in [5.74, 6) is -0.779. The van der Waals surface area contributed by atoms with Gasteiger partial charge in [0.1, 0.15) is 6.10 Å². The second-order valence-electron chi connectivity index (χ2n) is 6.13. The lowest BCUT2D eigenvalue weighted by atomic mass is 9.89. The molecule has 1 saturated carbocycles. The lowest BCUT2D eigenvalue weighted by Gasteiger charge is -2.25. The molecule has 23 heavy (non-hydrogen) atoms. The van der Waals surface area contributed by atoms with Gasteiger partial charge >= 0.3 is 11.9 Å². The molecule has 0 saturated heterocycles. The molecule has 0 heterocycles. The van der Waals surface area contributed by atoms with Crippen LogP contribution in [0.3, 0.4) is 0 Å². The number of halogens is 1.